The number of carbonyl (C=O) groups is 2. The molecule has 7 heteroatoms. The molecule has 0 bridgehead atoms. The average molecular weight is 482 g/mol. The van der Waals surface area contributed by atoms with E-state index in [0.717, 1.165) is 36.4 Å². The van der Waals surface area contributed by atoms with Crippen molar-refractivity contribution in [2.45, 2.75) is 70.8 Å². The molecular formula is C27H35N3O3S. The number of hydrogen-bond acceptors (Lipinski definition) is 5. The first-order valence-electron chi connectivity index (χ1n) is 12.5. The molecule has 0 atom stereocenters. The number of piperidine rings is 1. The lowest BCUT2D eigenvalue weighted by atomic mass is 9.97. The summed E-state index contributed by atoms with van der Waals surface area (Å²) in [4.78, 5) is 32.0. The zero-order valence-electron chi connectivity index (χ0n) is 20.2. The van der Waals surface area contributed by atoms with Gasteiger partial charge in [0, 0.05) is 36.5 Å². The van der Waals surface area contributed by atoms with Crippen molar-refractivity contribution < 1.29 is 14.3 Å². The van der Waals surface area contributed by atoms with E-state index in [-0.39, 0.29) is 17.9 Å². The van der Waals surface area contributed by atoms with E-state index in [4.69, 9.17) is 4.74 Å². The quantitative estimate of drug-likeness (QED) is 0.500. The largest absolute Gasteiger partial charge is 0.491 e. The van der Waals surface area contributed by atoms with Crippen LogP contribution < -0.4 is 10.1 Å². The molecule has 1 fully saturated rings. The van der Waals surface area contributed by atoms with E-state index in [9.17, 15) is 9.59 Å². The lowest BCUT2D eigenvalue weighted by molar-refractivity contribution is 0.0713. The van der Waals surface area contributed by atoms with Crippen molar-refractivity contribution in [1.82, 2.24) is 15.2 Å². The van der Waals surface area contributed by atoms with Crippen molar-refractivity contribution in [3.63, 3.8) is 0 Å². The van der Waals surface area contributed by atoms with Crippen molar-refractivity contribution in [2.75, 3.05) is 19.6 Å². The van der Waals surface area contributed by atoms with Crippen LogP contribution in [0.2, 0.25) is 0 Å². The minimum Gasteiger partial charge on any atom is -0.491 e. The molecule has 182 valence electrons. The third-order valence-corrected chi connectivity index (χ3v) is 7.48. The van der Waals surface area contributed by atoms with E-state index < -0.39 is 0 Å². The van der Waals surface area contributed by atoms with Crippen LogP contribution in [0.4, 0.5) is 0 Å². The third-order valence-electron chi connectivity index (χ3n) is 6.48. The minimum absolute atomic E-state index is 0.0573. The number of thiazole rings is 1. The van der Waals surface area contributed by atoms with E-state index in [1.807, 2.05) is 48.4 Å². The van der Waals surface area contributed by atoms with Gasteiger partial charge in [-0.1, -0.05) is 11.6 Å². The van der Waals surface area contributed by atoms with Crippen LogP contribution in [0.3, 0.4) is 0 Å². The Bertz CT molecular complexity index is 1000. The summed E-state index contributed by atoms with van der Waals surface area (Å²) >= 11 is 1.56. The van der Waals surface area contributed by atoms with E-state index in [2.05, 4.69) is 16.4 Å². The number of allylic oxidation sites excluding steroid dienone is 1. The van der Waals surface area contributed by atoms with Crippen LogP contribution in [0.5, 0.6) is 5.75 Å². The lowest BCUT2D eigenvalue weighted by Gasteiger charge is -2.31. The zero-order valence-corrected chi connectivity index (χ0v) is 21.0. The number of benzene rings is 1. The number of carbonyl (C=O) groups excluding carboxylic acids is 2. The Morgan fingerprint density at radius 2 is 1.94 bits per heavy atom. The second-order valence-corrected chi connectivity index (χ2v) is 10.3. The van der Waals surface area contributed by atoms with Gasteiger partial charge in [-0.05, 0) is 83.1 Å². The fraction of sp³-hybridized carbons (Fsp3) is 0.519. The van der Waals surface area contributed by atoms with E-state index in [0.29, 0.717) is 36.8 Å². The number of hydrogen-bond donors (Lipinski definition) is 1. The molecule has 1 aliphatic heterocycles. The number of aromatic nitrogens is 1. The summed E-state index contributed by atoms with van der Waals surface area (Å²) in [5, 5.41) is 5.89. The van der Waals surface area contributed by atoms with Crippen molar-refractivity contribution in [3.05, 3.63) is 57.6 Å². The molecule has 1 saturated heterocycles. The van der Waals surface area contributed by atoms with Crippen LogP contribution >= 0.6 is 11.3 Å². The molecule has 2 aromatic rings. The first kappa shape index (κ1) is 24.5. The average Bonchev–Trinajstić information content (AvgIpc) is 3.35. The fourth-order valence-corrected chi connectivity index (χ4v) is 5.57. The first-order chi connectivity index (χ1) is 16.5. The zero-order chi connectivity index (χ0) is 23.9. The maximum Gasteiger partial charge on any atom is 0.270 e. The number of nitrogens with one attached hydrogen (secondary N) is 1. The van der Waals surface area contributed by atoms with Gasteiger partial charge in [0.25, 0.3) is 11.8 Å². The topological polar surface area (TPSA) is 71.5 Å². The molecule has 34 heavy (non-hydrogen) atoms. The summed E-state index contributed by atoms with van der Waals surface area (Å²) in [6, 6.07) is 7.38. The highest BCUT2D eigenvalue weighted by atomic mass is 32.1. The van der Waals surface area contributed by atoms with E-state index >= 15 is 0 Å². The Kier molecular flexibility index (Phi) is 8.38. The Morgan fingerprint density at radius 1 is 1.18 bits per heavy atom. The monoisotopic (exact) mass is 481 g/mol. The van der Waals surface area contributed by atoms with Crippen molar-refractivity contribution in [2.24, 2.45) is 0 Å². The maximum absolute atomic E-state index is 12.9. The van der Waals surface area contributed by atoms with Crippen LogP contribution in [-0.4, -0.2) is 47.4 Å². The molecule has 2 heterocycles. The van der Waals surface area contributed by atoms with Crippen molar-refractivity contribution in [3.8, 4) is 5.75 Å². The molecule has 0 saturated carbocycles. The number of nitrogens with zero attached hydrogens (tertiary/aromatic N) is 2. The van der Waals surface area contributed by atoms with Crippen LogP contribution in [0.1, 0.15) is 90.6 Å². The Morgan fingerprint density at radius 3 is 2.62 bits per heavy atom. The number of rotatable bonds is 8. The molecule has 1 aromatic carbocycles. The molecule has 2 amide bonds. The van der Waals surface area contributed by atoms with Crippen LogP contribution in [0, 0.1) is 0 Å². The molecule has 1 N–H and O–H groups in total. The molecule has 0 radical (unpaired) electrons. The lowest BCUT2D eigenvalue weighted by Crippen LogP contribution is -2.37. The predicted molar refractivity (Wildman–Crippen MR) is 136 cm³/mol. The van der Waals surface area contributed by atoms with Crippen LogP contribution in [0.25, 0.3) is 0 Å². The van der Waals surface area contributed by atoms with Gasteiger partial charge in [0.1, 0.15) is 11.4 Å². The minimum atomic E-state index is -0.0867. The predicted octanol–water partition coefficient (Wildman–Crippen LogP) is 5.57. The molecule has 2 aliphatic rings. The van der Waals surface area contributed by atoms with Gasteiger partial charge in [-0.3, -0.25) is 9.59 Å². The molecule has 1 aromatic heterocycles. The molecular weight excluding hydrogens is 446 g/mol. The smallest absolute Gasteiger partial charge is 0.270 e. The number of amides is 2. The first-order valence-corrected chi connectivity index (χ1v) is 13.3. The fourth-order valence-electron chi connectivity index (χ4n) is 4.60. The van der Waals surface area contributed by atoms with Gasteiger partial charge in [-0.2, -0.15) is 0 Å². The van der Waals surface area contributed by atoms with Crippen molar-refractivity contribution >= 4 is 23.2 Å². The Balaban J connectivity index is 1.24. The van der Waals surface area contributed by atoms with E-state index in [1.165, 1.54) is 24.8 Å². The van der Waals surface area contributed by atoms with Gasteiger partial charge >= 0.3 is 0 Å². The Labute approximate surface area is 206 Å². The van der Waals surface area contributed by atoms with Gasteiger partial charge in [-0.25, -0.2) is 4.98 Å². The van der Waals surface area contributed by atoms with Gasteiger partial charge in [0.05, 0.1) is 11.1 Å². The summed E-state index contributed by atoms with van der Waals surface area (Å²) < 4.78 is 5.66. The Hall–Kier alpha value is -2.67. The number of ether oxygens (including phenoxy) is 1. The van der Waals surface area contributed by atoms with Gasteiger partial charge in [0.15, 0.2) is 0 Å². The molecule has 1 aliphatic carbocycles. The summed E-state index contributed by atoms with van der Waals surface area (Å²) in [6.07, 6.45) is 9.97. The normalized spacial score (nSPS) is 16.9. The third kappa shape index (κ3) is 6.47. The second-order valence-electron chi connectivity index (χ2n) is 9.44. The van der Waals surface area contributed by atoms with Gasteiger partial charge < -0.3 is 15.0 Å². The molecule has 0 unspecified atom stereocenters. The van der Waals surface area contributed by atoms with Crippen LogP contribution in [-0.2, 0) is 0 Å². The highest BCUT2D eigenvalue weighted by molar-refractivity contribution is 7.09. The summed E-state index contributed by atoms with van der Waals surface area (Å²) in [5.74, 6) is 1.04. The highest BCUT2D eigenvalue weighted by Gasteiger charge is 2.27. The highest BCUT2D eigenvalue weighted by Crippen LogP contribution is 2.31. The standard InChI is InChI=1S/C27H35N3O3S/c1-19(2)33-23-10-8-22(9-11-23)27(32)30-16-13-21(14-17-30)26-29-24(18-34-26)25(31)28-15-12-20-6-4-3-5-7-20/h6,8-11,18-19,21H,3-5,7,12-17H2,1-2H3,(H,28,31). The molecule has 0 spiro atoms. The summed E-state index contributed by atoms with van der Waals surface area (Å²) in [6.45, 7) is 6.03. The van der Waals surface area contributed by atoms with Crippen molar-refractivity contribution in [1.29, 1.82) is 0 Å². The number of likely N-dealkylation sites (tertiary alicyclic amines) is 1. The summed E-state index contributed by atoms with van der Waals surface area (Å²) in [5.41, 5.74) is 2.67. The summed E-state index contributed by atoms with van der Waals surface area (Å²) in [7, 11) is 0. The second kappa shape index (κ2) is 11.6. The molecule has 4 rings (SSSR count). The SMILES string of the molecule is CC(C)Oc1ccc(C(=O)N2CCC(c3nc(C(=O)NCCC4=CCCCC4)cs3)CC2)cc1. The van der Waals surface area contributed by atoms with E-state index in [1.54, 1.807) is 11.3 Å². The molecule has 6 nitrogen and oxygen atoms in total. The van der Waals surface area contributed by atoms with Crippen LogP contribution in [0.15, 0.2) is 41.3 Å². The van der Waals surface area contributed by atoms with Gasteiger partial charge in [-0.15, -0.1) is 11.3 Å². The maximum atomic E-state index is 12.9. The van der Waals surface area contributed by atoms with Gasteiger partial charge in [0.2, 0.25) is 0 Å².